The number of nitrogens with zero attached hydrogens (tertiary/aromatic N) is 10. The van der Waals surface area contributed by atoms with Crippen LogP contribution in [0.4, 0.5) is 11.6 Å². The summed E-state index contributed by atoms with van der Waals surface area (Å²) in [5, 5.41) is 29.1. The van der Waals surface area contributed by atoms with E-state index in [9.17, 15) is 5.26 Å². The molecule has 3 atom stereocenters. The van der Waals surface area contributed by atoms with E-state index in [1.54, 1.807) is 30.3 Å². The second-order valence-electron chi connectivity index (χ2n) is 13.1. The first kappa shape index (κ1) is 32.9. The van der Waals surface area contributed by atoms with E-state index >= 15 is 0 Å². The van der Waals surface area contributed by atoms with Crippen LogP contribution in [0.15, 0.2) is 43.1 Å². The Balaban J connectivity index is 1.02. The summed E-state index contributed by atoms with van der Waals surface area (Å²) in [5.41, 5.74) is 2.77. The molecule has 2 aliphatic heterocycles. The standard InChI is InChI=1S/C34H43N11O4/c1-23(18-43-22-38-41-42-43)49-32-14-24(4-5-25(32)15-35)26-16-36-34(37-17-26)39-31-19-44(40-33(31)48-13-3-12-46-2)27-6-8-28(9-7-27)45-29-10-11-30(45)21-47-20-29/h4-5,14,16-17,19,22-23,27-30H,3,6-13,18,20-21H2,1-2H3,(H,36,37,39)/t23-,27?,28?,29+,30+/m0/s1. The van der Waals surface area contributed by atoms with Gasteiger partial charge in [-0.15, -0.1) is 10.2 Å². The van der Waals surface area contributed by atoms with E-state index < -0.39 is 0 Å². The Morgan fingerprint density at radius 2 is 1.76 bits per heavy atom. The minimum absolute atomic E-state index is 0.268. The van der Waals surface area contributed by atoms with E-state index in [0.717, 1.165) is 62.1 Å². The predicted molar refractivity (Wildman–Crippen MR) is 178 cm³/mol. The van der Waals surface area contributed by atoms with Crippen LogP contribution in [0.5, 0.6) is 11.6 Å². The van der Waals surface area contributed by atoms with Crippen molar-refractivity contribution < 1.29 is 18.9 Å². The highest BCUT2D eigenvalue weighted by Gasteiger charge is 2.42. The number of benzene rings is 1. The Morgan fingerprint density at radius 1 is 1.00 bits per heavy atom. The molecule has 2 bridgehead atoms. The van der Waals surface area contributed by atoms with Gasteiger partial charge in [-0.25, -0.2) is 14.6 Å². The molecule has 0 amide bonds. The van der Waals surface area contributed by atoms with E-state index in [0.29, 0.717) is 67.1 Å². The lowest BCUT2D eigenvalue weighted by atomic mass is 9.89. The molecule has 2 saturated heterocycles. The zero-order valence-electron chi connectivity index (χ0n) is 28.0. The lowest BCUT2D eigenvalue weighted by Crippen LogP contribution is -2.52. The van der Waals surface area contributed by atoms with Crippen LogP contribution in [0.1, 0.15) is 63.5 Å². The maximum Gasteiger partial charge on any atom is 0.256 e. The van der Waals surface area contributed by atoms with Gasteiger partial charge in [-0.2, -0.15) is 5.26 Å². The Hall–Kier alpha value is -4.65. The number of aromatic nitrogens is 8. The minimum Gasteiger partial charge on any atom is -0.487 e. The third-order valence-corrected chi connectivity index (χ3v) is 9.69. The Morgan fingerprint density at radius 3 is 2.47 bits per heavy atom. The molecule has 15 nitrogen and oxygen atoms in total. The molecule has 3 aliphatic rings. The molecule has 1 N–H and O–H groups in total. The van der Waals surface area contributed by atoms with Crippen molar-refractivity contribution in [3.63, 3.8) is 0 Å². The predicted octanol–water partition coefficient (Wildman–Crippen LogP) is 4.17. The van der Waals surface area contributed by atoms with Crippen molar-refractivity contribution in [2.24, 2.45) is 0 Å². The zero-order valence-corrected chi connectivity index (χ0v) is 28.0. The van der Waals surface area contributed by atoms with Crippen molar-refractivity contribution in [1.82, 2.24) is 44.9 Å². The van der Waals surface area contributed by atoms with Crippen molar-refractivity contribution in [1.29, 1.82) is 5.26 Å². The average molecular weight is 670 g/mol. The van der Waals surface area contributed by atoms with Crippen LogP contribution in [0.3, 0.4) is 0 Å². The van der Waals surface area contributed by atoms with Gasteiger partial charge in [0.05, 0.1) is 44.2 Å². The summed E-state index contributed by atoms with van der Waals surface area (Å²) in [5.74, 6) is 1.43. The number of hydrogen-bond acceptors (Lipinski definition) is 13. The number of rotatable bonds is 14. The van der Waals surface area contributed by atoms with Crippen molar-refractivity contribution in [3.8, 4) is 28.8 Å². The van der Waals surface area contributed by atoms with Gasteiger partial charge >= 0.3 is 0 Å². The highest BCUT2D eigenvalue weighted by atomic mass is 16.5. The van der Waals surface area contributed by atoms with Crippen LogP contribution in [-0.2, 0) is 16.0 Å². The zero-order chi connectivity index (χ0) is 33.6. The molecule has 0 radical (unpaired) electrons. The maximum absolute atomic E-state index is 9.67. The van der Waals surface area contributed by atoms with E-state index in [-0.39, 0.29) is 6.10 Å². The van der Waals surface area contributed by atoms with Crippen LogP contribution in [0.2, 0.25) is 0 Å². The number of nitriles is 1. The maximum atomic E-state index is 9.67. The average Bonchev–Trinajstić information content (AvgIpc) is 3.85. The highest BCUT2D eigenvalue weighted by Crippen LogP contribution is 2.39. The molecule has 49 heavy (non-hydrogen) atoms. The Labute approximate surface area is 285 Å². The van der Waals surface area contributed by atoms with Gasteiger partial charge in [-0.05, 0) is 73.6 Å². The summed E-state index contributed by atoms with van der Waals surface area (Å²) in [6.45, 7) is 5.20. The third kappa shape index (κ3) is 7.66. The number of methoxy groups -OCH3 is 1. The van der Waals surface area contributed by atoms with Gasteiger partial charge in [0.1, 0.15) is 29.9 Å². The summed E-state index contributed by atoms with van der Waals surface area (Å²) in [6, 6.07) is 9.73. The van der Waals surface area contributed by atoms with Crippen LogP contribution in [0, 0.1) is 11.3 Å². The molecule has 1 aliphatic carbocycles. The number of ether oxygens (including phenoxy) is 4. The van der Waals surface area contributed by atoms with Crippen LogP contribution in [-0.4, -0.2) is 103 Å². The van der Waals surface area contributed by atoms with E-state index in [2.05, 4.69) is 46.5 Å². The van der Waals surface area contributed by atoms with Gasteiger partial charge in [0.15, 0.2) is 0 Å². The summed E-state index contributed by atoms with van der Waals surface area (Å²) in [4.78, 5) is 12.0. The number of anilines is 2. The number of tetrazole rings is 1. The van der Waals surface area contributed by atoms with E-state index in [1.807, 2.05) is 25.3 Å². The second kappa shape index (κ2) is 15.3. The first-order valence-corrected chi connectivity index (χ1v) is 17.1. The highest BCUT2D eigenvalue weighted by molar-refractivity contribution is 5.67. The fourth-order valence-electron chi connectivity index (χ4n) is 7.34. The van der Waals surface area contributed by atoms with Gasteiger partial charge in [-0.1, -0.05) is 6.07 Å². The molecular formula is C34H43N11O4. The quantitative estimate of drug-likeness (QED) is 0.191. The third-order valence-electron chi connectivity index (χ3n) is 9.69. The van der Waals surface area contributed by atoms with Gasteiger partial charge < -0.3 is 24.3 Å². The van der Waals surface area contributed by atoms with Crippen molar-refractivity contribution in [3.05, 3.63) is 48.7 Å². The van der Waals surface area contributed by atoms with Crippen LogP contribution in [0.25, 0.3) is 11.1 Å². The summed E-state index contributed by atoms with van der Waals surface area (Å²) in [7, 11) is 1.69. The molecule has 15 heteroatoms. The monoisotopic (exact) mass is 669 g/mol. The molecule has 4 aromatic rings. The van der Waals surface area contributed by atoms with Crippen molar-refractivity contribution in [2.45, 2.75) is 88.7 Å². The SMILES string of the molecule is COCCCOc1nn(C2CCC(N3[C@@H]4CC[C@@H]3COC4)CC2)cc1Nc1ncc(-c2ccc(C#N)c(O[C@@H](C)Cn3cnnn3)c2)cn1. The molecule has 3 fully saturated rings. The smallest absolute Gasteiger partial charge is 0.256 e. The number of morpholine rings is 1. The van der Waals surface area contributed by atoms with Crippen molar-refractivity contribution in [2.75, 3.05) is 38.9 Å². The van der Waals surface area contributed by atoms with Crippen molar-refractivity contribution >= 4 is 11.6 Å². The molecule has 7 rings (SSSR count). The molecule has 0 unspecified atom stereocenters. The van der Waals surface area contributed by atoms with E-state index in [1.165, 1.54) is 19.2 Å². The first-order chi connectivity index (χ1) is 24.1. The Bertz CT molecular complexity index is 1680. The topological polar surface area (TPSA) is 163 Å². The molecule has 1 aromatic carbocycles. The van der Waals surface area contributed by atoms with Gasteiger partial charge in [-0.3, -0.25) is 9.58 Å². The lowest BCUT2D eigenvalue weighted by Gasteiger charge is -2.43. The van der Waals surface area contributed by atoms with Gasteiger partial charge in [0, 0.05) is 56.2 Å². The van der Waals surface area contributed by atoms with E-state index in [4.69, 9.17) is 24.0 Å². The Kier molecular flexibility index (Phi) is 10.2. The first-order valence-electron chi connectivity index (χ1n) is 17.1. The second-order valence-corrected chi connectivity index (χ2v) is 13.1. The number of hydrogen-bond donors (Lipinski definition) is 1. The molecule has 1 saturated carbocycles. The minimum atomic E-state index is -0.268. The number of nitrogens with one attached hydrogen (secondary N) is 1. The normalized spacial score (nSPS) is 22.8. The fraction of sp³-hybridized carbons (Fsp3) is 0.559. The fourth-order valence-corrected chi connectivity index (χ4v) is 7.34. The summed E-state index contributed by atoms with van der Waals surface area (Å²) < 4.78 is 26.9. The molecule has 0 spiro atoms. The largest absolute Gasteiger partial charge is 0.487 e. The lowest BCUT2D eigenvalue weighted by molar-refractivity contribution is -0.0458. The molecule has 3 aromatic heterocycles. The summed E-state index contributed by atoms with van der Waals surface area (Å²) >= 11 is 0. The van der Waals surface area contributed by atoms with Crippen LogP contribution >= 0.6 is 0 Å². The van der Waals surface area contributed by atoms with Gasteiger partial charge in [0.2, 0.25) is 5.95 Å². The number of fused-ring (bicyclic) bond motifs is 2. The summed E-state index contributed by atoms with van der Waals surface area (Å²) in [6.07, 6.45) is 14.5. The van der Waals surface area contributed by atoms with Gasteiger partial charge in [0.25, 0.3) is 5.88 Å². The van der Waals surface area contributed by atoms with Crippen LogP contribution < -0.4 is 14.8 Å². The molecule has 5 heterocycles. The molecular weight excluding hydrogens is 626 g/mol. The molecule has 258 valence electrons.